The minimum atomic E-state index is -0.604. The predicted molar refractivity (Wildman–Crippen MR) is 126 cm³/mol. The Balaban J connectivity index is 1.79. The van der Waals surface area contributed by atoms with Crippen molar-refractivity contribution in [3.63, 3.8) is 0 Å². The summed E-state index contributed by atoms with van der Waals surface area (Å²) in [5.41, 5.74) is 5.37. The second-order valence-electron chi connectivity index (χ2n) is 9.34. The molecule has 2 saturated heterocycles. The molecule has 0 saturated carbocycles. The first kappa shape index (κ1) is 25.7. The smallest absolute Gasteiger partial charge is 0.410 e. The Labute approximate surface area is 203 Å². The van der Waals surface area contributed by atoms with Gasteiger partial charge in [-0.25, -0.2) is 9.48 Å². The van der Waals surface area contributed by atoms with Crippen LogP contribution in [0.25, 0.3) is 0 Å². The van der Waals surface area contributed by atoms with E-state index in [1.54, 1.807) is 16.7 Å². The Morgan fingerprint density at radius 2 is 2.00 bits per heavy atom. The molecule has 0 aliphatic carbocycles. The number of ether oxygens (including phenoxy) is 3. The van der Waals surface area contributed by atoms with Gasteiger partial charge in [-0.3, -0.25) is 9.69 Å². The number of anilines is 1. The van der Waals surface area contributed by atoms with Crippen molar-refractivity contribution in [3.8, 4) is 0 Å². The summed E-state index contributed by atoms with van der Waals surface area (Å²) in [6.07, 6.45) is 0.215. The Hall–Kier alpha value is -1.89. The van der Waals surface area contributed by atoms with E-state index in [0.717, 1.165) is 32.8 Å². The fourth-order valence-corrected chi connectivity index (χ4v) is 4.73. The van der Waals surface area contributed by atoms with E-state index in [1.165, 1.54) is 0 Å². The standard InChI is InChI=1S/C21H35BrN6O5/c1-21(2,3)33-20(30)27-12-14(11-15(27)13-31-4)28-19(16(18(23)29)17(22)25-28)24-5-6-26-7-9-32-10-8-26/h14-15,24H,5-13H2,1-4H3,(H2,23,29)/t14-,15+/m0/s1. The lowest BCUT2D eigenvalue weighted by Crippen LogP contribution is -2.41. The number of amides is 2. The van der Waals surface area contributed by atoms with Crippen LogP contribution in [0, 0.1) is 0 Å². The zero-order valence-electron chi connectivity index (χ0n) is 19.8. The molecule has 3 heterocycles. The molecule has 33 heavy (non-hydrogen) atoms. The summed E-state index contributed by atoms with van der Waals surface area (Å²) < 4.78 is 18.5. The van der Waals surface area contributed by atoms with Gasteiger partial charge in [-0.2, -0.15) is 5.10 Å². The van der Waals surface area contributed by atoms with Gasteiger partial charge < -0.3 is 30.2 Å². The molecule has 2 atom stereocenters. The number of morpholine rings is 1. The fraction of sp³-hybridized carbons (Fsp3) is 0.762. The second-order valence-corrected chi connectivity index (χ2v) is 10.1. The zero-order chi connectivity index (χ0) is 24.2. The van der Waals surface area contributed by atoms with Crippen molar-refractivity contribution in [1.82, 2.24) is 19.6 Å². The molecule has 2 fully saturated rings. The number of methoxy groups -OCH3 is 1. The van der Waals surface area contributed by atoms with Gasteiger partial charge in [-0.15, -0.1) is 0 Å². The quantitative estimate of drug-likeness (QED) is 0.520. The zero-order valence-corrected chi connectivity index (χ0v) is 21.4. The molecule has 2 aliphatic heterocycles. The first-order chi connectivity index (χ1) is 15.6. The van der Waals surface area contributed by atoms with Crippen molar-refractivity contribution in [2.75, 3.05) is 65.0 Å². The number of hydrogen-bond acceptors (Lipinski definition) is 8. The number of aromatic nitrogens is 2. The van der Waals surface area contributed by atoms with Crippen LogP contribution in [0.15, 0.2) is 4.60 Å². The van der Waals surface area contributed by atoms with Gasteiger partial charge in [-0.1, -0.05) is 0 Å². The minimum absolute atomic E-state index is 0.170. The van der Waals surface area contributed by atoms with Crippen LogP contribution in [0.1, 0.15) is 43.6 Å². The first-order valence-electron chi connectivity index (χ1n) is 11.2. The van der Waals surface area contributed by atoms with E-state index in [9.17, 15) is 9.59 Å². The third-order valence-electron chi connectivity index (χ3n) is 5.66. The molecule has 1 aromatic heterocycles. The number of carbonyl (C=O) groups excluding carboxylic acids is 2. The summed E-state index contributed by atoms with van der Waals surface area (Å²) in [5, 5.41) is 7.92. The highest BCUT2D eigenvalue weighted by Gasteiger charge is 2.40. The Morgan fingerprint density at radius 1 is 1.30 bits per heavy atom. The van der Waals surface area contributed by atoms with Crippen LogP contribution in [0.2, 0.25) is 0 Å². The van der Waals surface area contributed by atoms with Crippen molar-refractivity contribution < 1.29 is 23.8 Å². The van der Waals surface area contributed by atoms with Gasteiger partial charge in [0.25, 0.3) is 5.91 Å². The number of rotatable bonds is 8. The molecular weight excluding hydrogens is 496 g/mol. The first-order valence-corrected chi connectivity index (χ1v) is 12.0. The third-order valence-corrected chi connectivity index (χ3v) is 6.22. The lowest BCUT2D eigenvalue weighted by atomic mass is 10.2. The largest absolute Gasteiger partial charge is 0.444 e. The van der Waals surface area contributed by atoms with Crippen LogP contribution in [0.5, 0.6) is 0 Å². The van der Waals surface area contributed by atoms with Crippen LogP contribution in [-0.4, -0.2) is 103 Å². The number of hydrogen-bond donors (Lipinski definition) is 2. The third kappa shape index (κ3) is 6.58. The maximum atomic E-state index is 12.8. The lowest BCUT2D eigenvalue weighted by molar-refractivity contribution is 0.0145. The van der Waals surface area contributed by atoms with Crippen LogP contribution in [-0.2, 0) is 14.2 Å². The van der Waals surface area contributed by atoms with Crippen molar-refractivity contribution >= 4 is 33.7 Å². The summed E-state index contributed by atoms with van der Waals surface area (Å²) in [6, 6.07) is -0.344. The summed E-state index contributed by atoms with van der Waals surface area (Å²) in [4.78, 5) is 29.0. The highest BCUT2D eigenvalue weighted by atomic mass is 79.9. The maximum Gasteiger partial charge on any atom is 0.410 e. The molecule has 186 valence electrons. The highest BCUT2D eigenvalue weighted by Crippen LogP contribution is 2.34. The number of nitrogens with two attached hydrogens (primary N) is 1. The molecule has 0 bridgehead atoms. The average molecular weight is 531 g/mol. The SMILES string of the molecule is COC[C@H]1C[C@H](n2nc(Br)c(C(N)=O)c2NCCN2CCOCC2)CN1C(=O)OC(C)(C)C. The van der Waals surface area contributed by atoms with Gasteiger partial charge in [0.2, 0.25) is 0 Å². The molecule has 3 rings (SSSR count). The Morgan fingerprint density at radius 3 is 2.61 bits per heavy atom. The van der Waals surface area contributed by atoms with Crippen LogP contribution < -0.4 is 11.1 Å². The fourth-order valence-electron chi connectivity index (χ4n) is 4.18. The second kappa shape index (κ2) is 11.0. The molecule has 0 spiro atoms. The molecule has 0 radical (unpaired) electrons. The predicted octanol–water partition coefficient (Wildman–Crippen LogP) is 1.69. The summed E-state index contributed by atoms with van der Waals surface area (Å²) in [6.45, 7) is 10.9. The van der Waals surface area contributed by atoms with E-state index < -0.39 is 17.6 Å². The van der Waals surface area contributed by atoms with E-state index in [2.05, 4.69) is 31.2 Å². The molecule has 0 aromatic carbocycles. The number of nitrogens with one attached hydrogen (secondary N) is 1. The number of carbonyl (C=O) groups is 2. The molecule has 2 amide bonds. The van der Waals surface area contributed by atoms with Gasteiger partial charge in [0.15, 0.2) is 0 Å². The number of halogens is 1. The number of primary amides is 1. The van der Waals surface area contributed by atoms with E-state index in [1.807, 2.05) is 20.8 Å². The van der Waals surface area contributed by atoms with Crippen molar-refractivity contribution in [2.24, 2.45) is 5.73 Å². The molecular formula is C21H35BrN6O5. The Kier molecular flexibility index (Phi) is 8.59. The number of likely N-dealkylation sites (tertiary alicyclic amines) is 1. The topological polar surface area (TPSA) is 124 Å². The van der Waals surface area contributed by atoms with Crippen LogP contribution in [0.3, 0.4) is 0 Å². The number of nitrogens with zero attached hydrogens (tertiary/aromatic N) is 4. The normalized spacial score (nSPS) is 21.9. The van der Waals surface area contributed by atoms with Gasteiger partial charge in [0.05, 0.1) is 31.9 Å². The lowest BCUT2D eigenvalue weighted by Gasteiger charge is -2.28. The molecule has 0 unspecified atom stereocenters. The summed E-state index contributed by atoms with van der Waals surface area (Å²) in [5.74, 6) is -0.0210. The van der Waals surface area contributed by atoms with Crippen LogP contribution in [0.4, 0.5) is 10.6 Å². The van der Waals surface area contributed by atoms with Crippen molar-refractivity contribution in [1.29, 1.82) is 0 Å². The van der Waals surface area contributed by atoms with E-state index in [0.29, 0.717) is 42.1 Å². The summed E-state index contributed by atoms with van der Waals surface area (Å²) >= 11 is 3.38. The van der Waals surface area contributed by atoms with E-state index >= 15 is 0 Å². The van der Waals surface area contributed by atoms with Crippen LogP contribution >= 0.6 is 15.9 Å². The minimum Gasteiger partial charge on any atom is -0.444 e. The molecule has 1 aromatic rings. The summed E-state index contributed by atoms with van der Waals surface area (Å²) in [7, 11) is 1.61. The van der Waals surface area contributed by atoms with Gasteiger partial charge >= 0.3 is 6.09 Å². The van der Waals surface area contributed by atoms with Gasteiger partial charge in [0.1, 0.15) is 21.6 Å². The van der Waals surface area contributed by atoms with E-state index in [-0.39, 0.29) is 12.1 Å². The Bertz CT molecular complexity index is 836. The molecule has 3 N–H and O–H groups in total. The van der Waals surface area contributed by atoms with Gasteiger partial charge in [-0.05, 0) is 43.1 Å². The van der Waals surface area contributed by atoms with E-state index in [4.69, 9.17) is 19.9 Å². The molecule has 2 aliphatic rings. The van der Waals surface area contributed by atoms with Crippen molar-refractivity contribution in [3.05, 3.63) is 10.2 Å². The average Bonchev–Trinajstić information content (AvgIpc) is 3.29. The maximum absolute atomic E-state index is 12.8. The monoisotopic (exact) mass is 530 g/mol. The van der Waals surface area contributed by atoms with Crippen molar-refractivity contribution in [2.45, 2.75) is 44.9 Å². The highest BCUT2D eigenvalue weighted by molar-refractivity contribution is 9.10. The molecule has 11 nitrogen and oxygen atoms in total. The van der Waals surface area contributed by atoms with Gasteiger partial charge in [0, 0.05) is 39.8 Å². The molecule has 12 heteroatoms.